The molecule has 0 saturated heterocycles. The highest BCUT2D eigenvalue weighted by Gasteiger charge is 1.95. The summed E-state index contributed by atoms with van der Waals surface area (Å²) >= 11 is 0. The average Bonchev–Trinajstić information content (AvgIpc) is 2.25. The summed E-state index contributed by atoms with van der Waals surface area (Å²) in [5.74, 6) is 1.27. The SMILES string of the molecule is C=CCOc1ccc(OCC=C)nc1. The minimum Gasteiger partial charge on any atom is -0.488 e. The second kappa shape index (κ2) is 5.80. The van der Waals surface area contributed by atoms with E-state index in [1.165, 1.54) is 0 Å². The Morgan fingerprint density at radius 3 is 2.43 bits per heavy atom. The van der Waals surface area contributed by atoms with E-state index in [4.69, 9.17) is 9.47 Å². The Bertz CT molecular complexity index is 262. The van der Waals surface area contributed by atoms with Gasteiger partial charge in [-0.15, -0.1) is 0 Å². The van der Waals surface area contributed by atoms with Crippen molar-refractivity contribution in [2.45, 2.75) is 0 Å². The summed E-state index contributed by atoms with van der Waals surface area (Å²) in [5, 5.41) is 0. The van der Waals surface area contributed by atoms with Crippen molar-refractivity contribution in [2.24, 2.45) is 0 Å². The van der Waals surface area contributed by atoms with Crippen molar-refractivity contribution in [2.75, 3.05) is 13.2 Å². The van der Waals surface area contributed by atoms with Crippen LogP contribution in [-0.4, -0.2) is 18.2 Å². The van der Waals surface area contributed by atoms with Crippen LogP contribution in [0.5, 0.6) is 11.6 Å². The Kier molecular flexibility index (Phi) is 4.27. The highest BCUT2D eigenvalue weighted by atomic mass is 16.5. The van der Waals surface area contributed by atoms with Gasteiger partial charge in [0, 0.05) is 6.07 Å². The van der Waals surface area contributed by atoms with Gasteiger partial charge in [-0.3, -0.25) is 0 Å². The van der Waals surface area contributed by atoms with Crippen LogP contribution in [0.2, 0.25) is 0 Å². The average molecular weight is 191 g/mol. The standard InChI is InChI=1S/C11H13NO2/c1-3-7-13-10-5-6-11(12-9-10)14-8-4-2/h3-6,9H,1-2,7-8H2. The predicted molar refractivity (Wildman–Crippen MR) is 55.6 cm³/mol. The highest BCUT2D eigenvalue weighted by Crippen LogP contribution is 2.13. The molecular formula is C11H13NO2. The molecule has 0 atom stereocenters. The lowest BCUT2D eigenvalue weighted by Crippen LogP contribution is -1.97. The molecule has 0 radical (unpaired) electrons. The lowest BCUT2D eigenvalue weighted by Gasteiger charge is -2.04. The molecule has 0 spiro atoms. The molecule has 74 valence electrons. The number of hydrogen-bond acceptors (Lipinski definition) is 3. The molecule has 1 aromatic heterocycles. The molecule has 14 heavy (non-hydrogen) atoms. The first kappa shape index (κ1) is 10.3. The van der Waals surface area contributed by atoms with Gasteiger partial charge in [-0.25, -0.2) is 4.98 Å². The topological polar surface area (TPSA) is 31.4 Å². The lowest BCUT2D eigenvalue weighted by molar-refractivity contribution is 0.339. The van der Waals surface area contributed by atoms with Gasteiger partial charge in [0.05, 0.1) is 6.20 Å². The molecule has 0 amide bonds. The van der Waals surface area contributed by atoms with Gasteiger partial charge in [0.25, 0.3) is 0 Å². The Hall–Kier alpha value is -1.77. The van der Waals surface area contributed by atoms with E-state index in [1.807, 2.05) is 0 Å². The molecule has 3 heteroatoms. The molecule has 0 saturated carbocycles. The van der Waals surface area contributed by atoms with Crippen molar-refractivity contribution in [3.05, 3.63) is 43.6 Å². The fraction of sp³-hybridized carbons (Fsp3) is 0.182. The van der Waals surface area contributed by atoms with E-state index >= 15 is 0 Å². The molecule has 1 aromatic rings. The Morgan fingerprint density at radius 2 is 1.86 bits per heavy atom. The zero-order chi connectivity index (χ0) is 10.2. The van der Waals surface area contributed by atoms with Crippen molar-refractivity contribution in [3.63, 3.8) is 0 Å². The van der Waals surface area contributed by atoms with Crippen LogP contribution >= 0.6 is 0 Å². The maximum Gasteiger partial charge on any atom is 0.213 e. The third-order valence-corrected chi connectivity index (χ3v) is 1.43. The molecule has 0 fully saturated rings. The van der Waals surface area contributed by atoms with Crippen molar-refractivity contribution in [3.8, 4) is 11.6 Å². The maximum absolute atomic E-state index is 5.26. The van der Waals surface area contributed by atoms with E-state index in [-0.39, 0.29) is 0 Å². The van der Waals surface area contributed by atoms with E-state index < -0.39 is 0 Å². The predicted octanol–water partition coefficient (Wildman–Crippen LogP) is 2.21. The number of nitrogens with zero attached hydrogens (tertiary/aromatic N) is 1. The maximum atomic E-state index is 5.26. The molecule has 0 bridgehead atoms. The number of ether oxygens (including phenoxy) is 2. The van der Waals surface area contributed by atoms with Gasteiger partial charge in [-0.05, 0) is 6.07 Å². The first-order valence-electron chi connectivity index (χ1n) is 4.30. The summed E-state index contributed by atoms with van der Waals surface area (Å²) in [6, 6.07) is 3.55. The number of rotatable bonds is 6. The molecule has 0 aromatic carbocycles. The normalized spacial score (nSPS) is 9.14. The quantitative estimate of drug-likeness (QED) is 0.646. The monoisotopic (exact) mass is 191 g/mol. The van der Waals surface area contributed by atoms with Gasteiger partial charge in [0.2, 0.25) is 5.88 Å². The van der Waals surface area contributed by atoms with Gasteiger partial charge in [-0.2, -0.15) is 0 Å². The number of aromatic nitrogens is 1. The molecule has 0 aliphatic rings. The highest BCUT2D eigenvalue weighted by molar-refractivity contribution is 5.23. The third kappa shape index (κ3) is 3.31. The third-order valence-electron chi connectivity index (χ3n) is 1.43. The molecule has 0 aliphatic heterocycles. The van der Waals surface area contributed by atoms with Gasteiger partial charge in [0.15, 0.2) is 0 Å². The van der Waals surface area contributed by atoms with Gasteiger partial charge >= 0.3 is 0 Å². The van der Waals surface area contributed by atoms with E-state index in [1.54, 1.807) is 30.5 Å². The van der Waals surface area contributed by atoms with Gasteiger partial charge in [0.1, 0.15) is 19.0 Å². The molecule has 1 rings (SSSR count). The minimum absolute atomic E-state index is 0.458. The van der Waals surface area contributed by atoms with Crippen molar-refractivity contribution in [1.29, 1.82) is 0 Å². The van der Waals surface area contributed by atoms with E-state index in [0.29, 0.717) is 24.8 Å². The smallest absolute Gasteiger partial charge is 0.213 e. The molecule has 0 unspecified atom stereocenters. The summed E-state index contributed by atoms with van der Waals surface area (Å²) in [6.07, 6.45) is 4.97. The van der Waals surface area contributed by atoms with E-state index in [9.17, 15) is 0 Å². The van der Waals surface area contributed by atoms with Crippen LogP contribution in [0.25, 0.3) is 0 Å². The van der Waals surface area contributed by atoms with Crippen molar-refractivity contribution in [1.82, 2.24) is 4.98 Å². The first-order chi connectivity index (χ1) is 6.86. The fourth-order valence-electron chi connectivity index (χ4n) is 0.837. The Morgan fingerprint density at radius 1 is 1.14 bits per heavy atom. The molecule has 1 heterocycles. The van der Waals surface area contributed by atoms with Gasteiger partial charge < -0.3 is 9.47 Å². The fourth-order valence-corrected chi connectivity index (χ4v) is 0.837. The molecular weight excluding hydrogens is 178 g/mol. The summed E-state index contributed by atoms with van der Waals surface area (Å²) in [4.78, 5) is 4.04. The van der Waals surface area contributed by atoms with Crippen LogP contribution in [0.4, 0.5) is 0 Å². The Balaban J connectivity index is 2.49. The number of hydrogen-bond donors (Lipinski definition) is 0. The lowest BCUT2D eigenvalue weighted by atomic mass is 10.4. The van der Waals surface area contributed by atoms with Crippen LogP contribution in [0.15, 0.2) is 43.6 Å². The van der Waals surface area contributed by atoms with Crippen LogP contribution < -0.4 is 9.47 Å². The summed E-state index contributed by atoms with van der Waals surface area (Å²) in [5.41, 5.74) is 0. The van der Waals surface area contributed by atoms with Gasteiger partial charge in [-0.1, -0.05) is 25.3 Å². The van der Waals surface area contributed by atoms with Crippen molar-refractivity contribution >= 4 is 0 Å². The van der Waals surface area contributed by atoms with Crippen LogP contribution in [0, 0.1) is 0 Å². The summed E-state index contributed by atoms with van der Waals surface area (Å²) in [6.45, 7) is 8.04. The summed E-state index contributed by atoms with van der Waals surface area (Å²) in [7, 11) is 0. The Labute approximate surface area is 83.7 Å². The van der Waals surface area contributed by atoms with Crippen LogP contribution in [0.3, 0.4) is 0 Å². The minimum atomic E-state index is 0.458. The molecule has 3 nitrogen and oxygen atoms in total. The summed E-state index contributed by atoms with van der Waals surface area (Å²) < 4.78 is 10.5. The second-order valence-electron chi connectivity index (χ2n) is 2.53. The zero-order valence-electron chi connectivity index (χ0n) is 7.98. The van der Waals surface area contributed by atoms with E-state index in [2.05, 4.69) is 18.1 Å². The first-order valence-corrected chi connectivity index (χ1v) is 4.30. The van der Waals surface area contributed by atoms with Crippen molar-refractivity contribution < 1.29 is 9.47 Å². The molecule has 0 N–H and O–H groups in total. The largest absolute Gasteiger partial charge is 0.488 e. The van der Waals surface area contributed by atoms with Crippen LogP contribution in [0.1, 0.15) is 0 Å². The second-order valence-corrected chi connectivity index (χ2v) is 2.53. The zero-order valence-corrected chi connectivity index (χ0v) is 7.98. The molecule has 0 aliphatic carbocycles. The van der Waals surface area contributed by atoms with Crippen LogP contribution in [-0.2, 0) is 0 Å². The van der Waals surface area contributed by atoms with E-state index in [0.717, 1.165) is 0 Å². The number of pyridine rings is 1.